The summed E-state index contributed by atoms with van der Waals surface area (Å²) in [5.41, 5.74) is 7.34. The summed E-state index contributed by atoms with van der Waals surface area (Å²) < 4.78 is 5.88. The molecule has 2 aromatic rings. The lowest BCUT2D eigenvalue weighted by atomic mass is 10.2. The van der Waals surface area contributed by atoms with Crippen LogP contribution in [0.2, 0.25) is 5.02 Å². The molecule has 1 amide bonds. The molecule has 1 aromatic heterocycles. The summed E-state index contributed by atoms with van der Waals surface area (Å²) in [4.78, 5) is 16.2. The summed E-state index contributed by atoms with van der Waals surface area (Å²) in [6.07, 6.45) is 1.53. The number of carbonyl (C=O) groups excluding carboxylic acids is 1. The summed E-state index contributed by atoms with van der Waals surface area (Å²) >= 11 is 9.29. The number of nitrogens with one attached hydrogen (secondary N) is 1. The Hall–Kier alpha value is -1.79. The Morgan fingerprint density at radius 3 is 2.81 bits per heavy atom. The summed E-state index contributed by atoms with van der Waals surface area (Å²) in [7, 11) is 1.51. The van der Waals surface area contributed by atoms with Crippen molar-refractivity contribution in [1.82, 2.24) is 4.98 Å². The van der Waals surface area contributed by atoms with Crippen molar-refractivity contribution in [2.24, 2.45) is 0 Å². The Kier molecular flexibility index (Phi) is 4.69. The molecular formula is C14H13BrClN3O2. The largest absolute Gasteiger partial charge is 0.495 e. The number of nitrogen functional groups attached to an aromatic ring is 1. The second-order valence-electron chi connectivity index (χ2n) is 4.34. The normalized spacial score (nSPS) is 10.3. The van der Waals surface area contributed by atoms with Crippen LogP contribution in [0.15, 0.2) is 28.9 Å². The first kappa shape index (κ1) is 15.6. The van der Waals surface area contributed by atoms with Crippen molar-refractivity contribution in [2.45, 2.75) is 6.92 Å². The molecule has 0 unspecified atom stereocenters. The van der Waals surface area contributed by atoms with Gasteiger partial charge in [0.2, 0.25) is 0 Å². The number of halogens is 2. The Labute approximate surface area is 135 Å². The van der Waals surface area contributed by atoms with Gasteiger partial charge in [0.1, 0.15) is 11.6 Å². The van der Waals surface area contributed by atoms with Crippen LogP contribution in [-0.2, 0) is 0 Å². The molecule has 0 spiro atoms. The highest BCUT2D eigenvalue weighted by Gasteiger charge is 2.15. The highest BCUT2D eigenvalue weighted by molar-refractivity contribution is 9.10. The van der Waals surface area contributed by atoms with E-state index in [2.05, 4.69) is 26.2 Å². The third-order valence-electron chi connectivity index (χ3n) is 2.86. The molecule has 0 atom stereocenters. The van der Waals surface area contributed by atoms with E-state index in [0.29, 0.717) is 20.9 Å². The fraction of sp³-hybridized carbons (Fsp3) is 0.143. The van der Waals surface area contributed by atoms with E-state index in [-0.39, 0.29) is 17.3 Å². The van der Waals surface area contributed by atoms with E-state index < -0.39 is 0 Å². The first-order valence-corrected chi connectivity index (χ1v) is 7.16. The Bertz CT molecular complexity index is 707. The third-order valence-corrected chi connectivity index (χ3v) is 3.70. The van der Waals surface area contributed by atoms with Gasteiger partial charge < -0.3 is 15.8 Å². The number of aromatic nitrogens is 1. The topological polar surface area (TPSA) is 77.2 Å². The monoisotopic (exact) mass is 369 g/mol. The lowest BCUT2D eigenvalue weighted by molar-refractivity contribution is 0.102. The van der Waals surface area contributed by atoms with Crippen molar-refractivity contribution in [2.75, 3.05) is 18.2 Å². The van der Waals surface area contributed by atoms with Gasteiger partial charge in [0.25, 0.3) is 5.91 Å². The average Bonchev–Trinajstić information content (AvgIpc) is 2.45. The Morgan fingerprint density at radius 1 is 1.43 bits per heavy atom. The smallest absolute Gasteiger partial charge is 0.259 e. The van der Waals surface area contributed by atoms with Crippen LogP contribution in [0.5, 0.6) is 5.75 Å². The van der Waals surface area contributed by atoms with Crippen LogP contribution in [0.4, 0.5) is 11.5 Å². The van der Waals surface area contributed by atoms with E-state index in [1.165, 1.54) is 13.3 Å². The second-order valence-corrected chi connectivity index (χ2v) is 5.67. The van der Waals surface area contributed by atoms with E-state index >= 15 is 0 Å². The molecular weight excluding hydrogens is 358 g/mol. The molecule has 0 radical (unpaired) electrons. The zero-order valence-electron chi connectivity index (χ0n) is 11.4. The number of carbonyl (C=O) groups is 1. The molecule has 0 aliphatic heterocycles. The zero-order valence-corrected chi connectivity index (χ0v) is 13.7. The van der Waals surface area contributed by atoms with Gasteiger partial charge in [0.15, 0.2) is 0 Å². The van der Waals surface area contributed by atoms with Gasteiger partial charge in [-0.25, -0.2) is 4.98 Å². The highest BCUT2D eigenvalue weighted by atomic mass is 79.9. The first-order valence-electron chi connectivity index (χ1n) is 5.99. The van der Waals surface area contributed by atoms with Crippen LogP contribution in [0.1, 0.15) is 15.9 Å². The van der Waals surface area contributed by atoms with Gasteiger partial charge in [-0.05, 0) is 40.5 Å². The minimum atomic E-state index is -0.374. The molecule has 0 aliphatic carbocycles. The molecule has 110 valence electrons. The van der Waals surface area contributed by atoms with Gasteiger partial charge in [0, 0.05) is 21.8 Å². The van der Waals surface area contributed by atoms with E-state index in [9.17, 15) is 4.79 Å². The van der Waals surface area contributed by atoms with Gasteiger partial charge in [-0.3, -0.25) is 4.79 Å². The molecule has 21 heavy (non-hydrogen) atoms. The van der Waals surface area contributed by atoms with Crippen LogP contribution in [0.25, 0.3) is 0 Å². The van der Waals surface area contributed by atoms with Gasteiger partial charge >= 0.3 is 0 Å². The fourth-order valence-corrected chi connectivity index (χ4v) is 2.24. The molecule has 0 bridgehead atoms. The van der Waals surface area contributed by atoms with Crippen molar-refractivity contribution in [3.63, 3.8) is 0 Å². The number of nitrogens with zero attached hydrogens (tertiary/aromatic N) is 1. The molecule has 7 heteroatoms. The Balaban J connectivity index is 2.35. The minimum absolute atomic E-state index is 0.153. The van der Waals surface area contributed by atoms with Gasteiger partial charge in [-0.15, -0.1) is 0 Å². The number of ether oxygens (including phenoxy) is 1. The summed E-state index contributed by atoms with van der Waals surface area (Å²) in [6, 6.07) is 4.99. The van der Waals surface area contributed by atoms with Crippen LogP contribution in [0, 0.1) is 6.92 Å². The third kappa shape index (κ3) is 3.46. The molecule has 0 saturated carbocycles. The Morgan fingerprint density at radius 2 is 2.14 bits per heavy atom. The minimum Gasteiger partial charge on any atom is -0.495 e. The first-order chi connectivity index (χ1) is 9.92. The molecule has 3 N–H and O–H groups in total. The van der Waals surface area contributed by atoms with Crippen LogP contribution < -0.4 is 15.8 Å². The van der Waals surface area contributed by atoms with Crippen molar-refractivity contribution in [1.29, 1.82) is 0 Å². The lowest BCUT2D eigenvalue weighted by Crippen LogP contribution is -2.15. The maximum Gasteiger partial charge on any atom is 0.259 e. The number of anilines is 2. The summed E-state index contributed by atoms with van der Waals surface area (Å²) in [5.74, 6) is 0.252. The van der Waals surface area contributed by atoms with Crippen LogP contribution in [0.3, 0.4) is 0 Å². The summed E-state index contributed by atoms with van der Waals surface area (Å²) in [6.45, 7) is 1.84. The average molecular weight is 371 g/mol. The van der Waals surface area contributed by atoms with Gasteiger partial charge in [-0.2, -0.15) is 0 Å². The van der Waals surface area contributed by atoms with Gasteiger partial charge in [0.05, 0.1) is 18.4 Å². The van der Waals surface area contributed by atoms with E-state index in [1.54, 1.807) is 18.2 Å². The molecule has 0 saturated heterocycles. The van der Waals surface area contributed by atoms with Crippen molar-refractivity contribution < 1.29 is 9.53 Å². The van der Waals surface area contributed by atoms with Crippen molar-refractivity contribution in [3.8, 4) is 5.75 Å². The second kappa shape index (κ2) is 6.32. The maximum atomic E-state index is 12.3. The predicted octanol–water partition coefficient (Wildman–Crippen LogP) is 3.65. The molecule has 2 rings (SSSR count). The maximum absolute atomic E-state index is 12.3. The number of benzene rings is 1. The number of aryl methyl sites for hydroxylation is 1. The standard InChI is InChI=1S/C14H13BrClN3O2/c1-7-3-11(12(21-2)5-10(7)16)19-14(20)9-4-8(15)6-18-13(9)17/h3-6H,1-2H3,(H2,17,18)(H,19,20). The lowest BCUT2D eigenvalue weighted by Gasteiger charge is -2.13. The number of amides is 1. The summed E-state index contributed by atoms with van der Waals surface area (Å²) in [5, 5.41) is 3.31. The zero-order chi connectivity index (χ0) is 15.6. The number of methoxy groups -OCH3 is 1. The van der Waals surface area contributed by atoms with E-state index in [0.717, 1.165) is 5.56 Å². The van der Waals surface area contributed by atoms with Gasteiger partial charge in [-0.1, -0.05) is 11.6 Å². The highest BCUT2D eigenvalue weighted by Crippen LogP contribution is 2.31. The van der Waals surface area contributed by atoms with Crippen LogP contribution in [-0.4, -0.2) is 18.0 Å². The predicted molar refractivity (Wildman–Crippen MR) is 87.0 cm³/mol. The number of pyridine rings is 1. The quantitative estimate of drug-likeness (QED) is 0.864. The number of hydrogen-bond acceptors (Lipinski definition) is 4. The SMILES string of the molecule is COc1cc(Cl)c(C)cc1NC(=O)c1cc(Br)cnc1N. The van der Waals surface area contributed by atoms with E-state index in [1.807, 2.05) is 6.92 Å². The molecule has 1 aromatic carbocycles. The molecule has 0 fully saturated rings. The number of rotatable bonds is 3. The molecule has 0 aliphatic rings. The number of nitrogens with two attached hydrogens (primary N) is 1. The number of hydrogen-bond donors (Lipinski definition) is 2. The van der Waals surface area contributed by atoms with Crippen molar-refractivity contribution in [3.05, 3.63) is 45.0 Å². The van der Waals surface area contributed by atoms with Crippen LogP contribution >= 0.6 is 27.5 Å². The molecule has 1 heterocycles. The molecule has 5 nitrogen and oxygen atoms in total. The van der Waals surface area contributed by atoms with E-state index in [4.69, 9.17) is 22.1 Å². The van der Waals surface area contributed by atoms with Crippen molar-refractivity contribution >= 4 is 44.9 Å². The fourth-order valence-electron chi connectivity index (χ4n) is 1.75.